The van der Waals surface area contributed by atoms with Crippen molar-refractivity contribution in [1.82, 2.24) is 4.57 Å². The van der Waals surface area contributed by atoms with Crippen LogP contribution < -0.4 is 9.47 Å². The predicted molar refractivity (Wildman–Crippen MR) is 102 cm³/mol. The van der Waals surface area contributed by atoms with E-state index >= 15 is 0 Å². The van der Waals surface area contributed by atoms with Crippen LogP contribution in [0.2, 0.25) is 0 Å². The second kappa shape index (κ2) is 5.18. The highest BCUT2D eigenvalue weighted by atomic mass is 16.7. The standard InChI is InChI=1S/C22H23NO4/c1-12(2)26-22-7-6-14(27-22)9-17-20(22)15-5-4-13-8-18-19(25-11-24-18)10-16(13)21(15)23(17)3/h4-5,8,10,12,14H,6-7,9,11H2,1-3H3. The van der Waals surface area contributed by atoms with Gasteiger partial charge in [0, 0.05) is 41.9 Å². The second-order valence-electron chi connectivity index (χ2n) is 8.17. The van der Waals surface area contributed by atoms with Gasteiger partial charge in [0.15, 0.2) is 17.3 Å². The number of fused-ring (bicyclic) bond motifs is 9. The third kappa shape index (κ3) is 2.01. The van der Waals surface area contributed by atoms with E-state index in [2.05, 4.69) is 49.7 Å². The molecule has 3 aromatic rings. The van der Waals surface area contributed by atoms with Gasteiger partial charge in [-0.2, -0.15) is 0 Å². The van der Waals surface area contributed by atoms with Crippen molar-refractivity contribution in [3.63, 3.8) is 0 Å². The predicted octanol–water partition coefficient (Wildman–Crippen LogP) is 4.37. The molecule has 2 unspecified atom stereocenters. The van der Waals surface area contributed by atoms with Gasteiger partial charge in [-0.1, -0.05) is 12.1 Å². The summed E-state index contributed by atoms with van der Waals surface area (Å²) in [4.78, 5) is 0. The van der Waals surface area contributed by atoms with Crippen molar-refractivity contribution in [2.24, 2.45) is 7.05 Å². The van der Waals surface area contributed by atoms with Crippen LogP contribution in [0.3, 0.4) is 0 Å². The van der Waals surface area contributed by atoms with Crippen LogP contribution in [0.5, 0.6) is 11.5 Å². The fourth-order valence-electron chi connectivity index (χ4n) is 5.19. The van der Waals surface area contributed by atoms with Crippen molar-refractivity contribution < 1.29 is 18.9 Å². The Bertz CT molecular complexity index is 1100. The van der Waals surface area contributed by atoms with E-state index in [9.17, 15) is 0 Å². The first-order chi connectivity index (χ1) is 13.1. The van der Waals surface area contributed by atoms with E-state index in [0.717, 1.165) is 36.1 Å². The molecule has 3 aliphatic heterocycles. The van der Waals surface area contributed by atoms with E-state index in [0.29, 0.717) is 6.79 Å². The lowest BCUT2D eigenvalue weighted by Gasteiger charge is -2.36. The van der Waals surface area contributed by atoms with Crippen LogP contribution in [-0.4, -0.2) is 23.6 Å². The van der Waals surface area contributed by atoms with Crippen LogP contribution >= 0.6 is 0 Å². The van der Waals surface area contributed by atoms with Gasteiger partial charge in [0.25, 0.3) is 0 Å². The molecule has 0 saturated carbocycles. The summed E-state index contributed by atoms with van der Waals surface area (Å²) in [7, 11) is 2.17. The summed E-state index contributed by atoms with van der Waals surface area (Å²) >= 11 is 0. The molecule has 0 spiro atoms. The smallest absolute Gasteiger partial charge is 0.231 e. The van der Waals surface area contributed by atoms with Gasteiger partial charge < -0.3 is 23.5 Å². The largest absolute Gasteiger partial charge is 0.454 e. The Morgan fingerprint density at radius 3 is 2.78 bits per heavy atom. The van der Waals surface area contributed by atoms with Gasteiger partial charge in [-0.05, 0) is 37.8 Å². The third-order valence-electron chi connectivity index (χ3n) is 6.16. The average molecular weight is 365 g/mol. The molecule has 1 fully saturated rings. The topological polar surface area (TPSA) is 41.9 Å². The summed E-state index contributed by atoms with van der Waals surface area (Å²) in [5.41, 5.74) is 3.78. The zero-order valence-electron chi connectivity index (χ0n) is 15.9. The maximum Gasteiger partial charge on any atom is 0.231 e. The van der Waals surface area contributed by atoms with Gasteiger partial charge in [-0.25, -0.2) is 0 Å². The number of aromatic nitrogens is 1. The molecule has 0 N–H and O–H groups in total. The normalized spacial score (nSPS) is 25.7. The van der Waals surface area contributed by atoms with Crippen molar-refractivity contribution in [2.75, 3.05) is 6.79 Å². The molecule has 140 valence electrons. The van der Waals surface area contributed by atoms with E-state index in [1.54, 1.807) is 0 Å². The first kappa shape index (κ1) is 15.8. The molecule has 3 aliphatic rings. The number of rotatable bonds is 2. The lowest BCUT2D eigenvalue weighted by Crippen LogP contribution is -2.37. The van der Waals surface area contributed by atoms with Gasteiger partial charge in [-0.15, -0.1) is 0 Å². The zero-order valence-corrected chi connectivity index (χ0v) is 15.9. The monoisotopic (exact) mass is 365 g/mol. The van der Waals surface area contributed by atoms with Crippen LogP contribution in [-0.2, 0) is 28.7 Å². The highest BCUT2D eigenvalue weighted by Crippen LogP contribution is 2.52. The number of hydrogen-bond acceptors (Lipinski definition) is 4. The molecule has 5 nitrogen and oxygen atoms in total. The highest BCUT2D eigenvalue weighted by Gasteiger charge is 2.51. The highest BCUT2D eigenvalue weighted by molar-refractivity contribution is 6.09. The quantitative estimate of drug-likeness (QED) is 0.676. The van der Waals surface area contributed by atoms with E-state index in [1.165, 1.54) is 27.5 Å². The zero-order chi connectivity index (χ0) is 18.3. The van der Waals surface area contributed by atoms with Gasteiger partial charge in [-0.3, -0.25) is 0 Å². The number of hydrogen-bond donors (Lipinski definition) is 0. The Labute approximate surface area is 157 Å². The first-order valence-electron chi connectivity index (χ1n) is 9.75. The van der Waals surface area contributed by atoms with Crippen molar-refractivity contribution in [1.29, 1.82) is 0 Å². The molecule has 0 amide bonds. The minimum absolute atomic E-state index is 0.110. The van der Waals surface area contributed by atoms with Gasteiger partial charge >= 0.3 is 0 Å². The van der Waals surface area contributed by atoms with Crippen LogP contribution in [0.1, 0.15) is 37.9 Å². The molecule has 0 radical (unpaired) electrons. The van der Waals surface area contributed by atoms with Crippen molar-refractivity contribution >= 4 is 21.7 Å². The summed E-state index contributed by atoms with van der Waals surface area (Å²) < 4.78 is 26.4. The lowest BCUT2D eigenvalue weighted by molar-refractivity contribution is -0.257. The van der Waals surface area contributed by atoms with E-state index in [-0.39, 0.29) is 12.2 Å². The van der Waals surface area contributed by atoms with Gasteiger partial charge in [0.2, 0.25) is 6.79 Å². The maximum atomic E-state index is 6.45. The molecule has 5 heteroatoms. The molecule has 1 aromatic heterocycles. The number of ether oxygens (including phenoxy) is 4. The summed E-state index contributed by atoms with van der Waals surface area (Å²) in [5.74, 6) is 1.03. The fourth-order valence-corrected chi connectivity index (χ4v) is 5.19. The Kier molecular flexibility index (Phi) is 3.03. The number of nitrogens with zero attached hydrogens (tertiary/aromatic N) is 1. The van der Waals surface area contributed by atoms with Crippen LogP contribution in [0, 0.1) is 0 Å². The Hall–Kier alpha value is -2.24. The van der Waals surface area contributed by atoms with Crippen LogP contribution in [0.15, 0.2) is 24.3 Å². The van der Waals surface area contributed by atoms with E-state index in [4.69, 9.17) is 18.9 Å². The van der Waals surface area contributed by atoms with Crippen molar-refractivity contribution in [2.45, 2.75) is 51.1 Å². The second-order valence-corrected chi connectivity index (χ2v) is 8.17. The van der Waals surface area contributed by atoms with Crippen LogP contribution in [0.4, 0.5) is 0 Å². The number of aryl methyl sites for hydroxylation is 1. The maximum absolute atomic E-state index is 6.45. The van der Waals surface area contributed by atoms with E-state index < -0.39 is 5.79 Å². The molecule has 2 atom stereocenters. The van der Waals surface area contributed by atoms with Gasteiger partial charge in [0.05, 0.1) is 17.7 Å². The molecular formula is C22H23NO4. The minimum Gasteiger partial charge on any atom is -0.454 e. The summed E-state index contributed by atoms with van der Waals surface area (Å²) in [5, 5.41) is 3.57. The first-order valence-corrected chi connectivity index (χ1v) is 9.75. The summed E-state index contributed by atoms with van der Waals surface area (Å²) in [6.07, 6.45) is 3.26. The molecular weight excluding hydrogens is 342 g/mol. The van der Waals surface area contributed by atoms with E-state index in [1.807, 2.05) is 0 Å². The van der Waals surface area contributed by atoms with Crippen molar-refractivity contribution in [3.05, 3.63) is 35.5 Å². The molecule has 4 heterocycles. The fraction of sp³-hybridized carbons (Fsp3) is 0.455. The Balaban J connectivity index is 1.68. The molecule has 2 aromatic carbocycles. The Morgan fingerprint density at radius 1 is 1.15 bits per heavy atom. The Morgan fingerprint density at radius 2 is 1.96 bits per heavy atom. The molecule has 27 heavy (non-hydrogen) atoms. The lowest BCUT2D eigenvalue weighted by atomic mass is 9.97. The average Bonchev–Trinajstić information content (AvgIpc) is 3.29. The number of benzene rings is 2. The van der Waals surface area contributed by atoms with Crippen LogP contribution in [0.25, 0.3) is 21.7 Å². The van der Waals surface area contributed by atoms with Crippen molar-refractivity contribution in [3.8, 4) is 11.5 Å². The molecule has 6 rings (SSSR count). The molecule has 1 saturated heterocycles. The molecule has 0 aliphatic carbocycles. The molecule has 2 bridgehead atoms. The third-order valence-corrected chi connectivity index (χ3v) is 6.16. The SMILES string of the molecule is CC(C)OC12CCC(Cc3c1c1ccc4cc5c(cc4c1n3C)OCO5)O2. The summed E-state index contributed by atoms with van der Waals surface area (Å²) in [6.45, 7) is 4.46. The van der Waals surface area contributed by atoms with Gasteiger partial charge in [0.1, 0.15) is 0 Å². The summed E-state index contributed by atoms with van der Waals surface area (Å²) in [6, 6.07) is 8.57. The minimum atomic E-state index is -0.615.